The molecule has 5 nitrogen and oxygen atoms in total. The second-order valence-corrected chi connectivity index (χ2v) is 6.75. The van der Waals surface area contributed by atoms with Gasteiger partial charge in [0.15, 0.2) is 9.84 Å². The van der Waals surface area contributed by atoms with Gasteiger partial charge in [-0.3, -0.25) is 0 Å². The van der Waals surface area contributed by atoms with Crippen molar-refractivity contribution in [2.24, 2.45) is 5.41 Å². The van der Waals surface area contributed by atoms with Crippen molar-refractivity contribution in [1.82, 2.24) is 0 Å². The molecule has 1 heterocycles. The van der Waals surface area contributed by atoms with Crippen LogP contribution in [0.5, 0.6) is 0 Å². The molecule has 0 spiro atoms. The summed E-state index contributed by atoms with van der Waals surface area (Å²) in [5.41, 5.74) is -2.73. The zero-order valence-electron chi connectivity index (χ0n) is 9.73. The number of aliphatic hydroxyl groups is 1. The molecule has 0 aromatic carbocycles. The van der Waals surface area contributed by atoms with E-state index in [1.807, 2.05) is 6.07 Å². The van der Waals surface area contributed by atoms with Crippen LogP contribution < -0.4 is 0 Å². The molecule has 6 heteroatoms. The number of nitrogens with zero attached hydrogens (tertiary/aromatic N) is 1. The summed E-state index contributed by atoms with van der Waals surface area (Å²) >= 11 is 0. The first-order valence-electron chi connectivity index (χ1n) is 5.07. The molecule has 0 saturated carbocycles. The molecule has 1 aliphatic rings. The Morgan fingerprint density at radius 3 is 2.50 bits per heavy atom. The van der Waals surface area contributed by atoms with Gasteiger partial charge >= 0.3 is 0 Å². The molecule has 1 N–H and O–H groups in total. The third-order valence-corrected chi connectivity index (χ3v) is 5.39. The van der Waals surface area contributed by atoms with Crippen molar-refractivity contribution in [3.05, 3.63) is 0 Å². The molecular weight excluding hydrogens is 230 g/mol. The first-order valence-corrected chi connectivity index (χ1v) is 6.90. The zero-order chi connectivity index (χ0) is 12.6. The predicted molar refractivity (Wildman–Crippen MR) is 58.4 cm³/mol. The second-order valence-electron chi connectivity index (χ2n) is 4.56. The second kappa shape index (κ2) is 3.99. The Balaban J connectivity index is 3.14. The van der Waals surface area contributed by atoms with Crippen LogP contribution in [0.3, 0.4) is 0 Å². The van der Waals surface area contributed by atoms with Crippen molar-refractivity contribution >= 4 is 9.84 Å². The quantitative estimate of drug-likeness (QED) is 0.764. The van der Waals surface area contributed by atoms with E-state index in [0.717, 1.165) is 0 Å². The maximum atomic E-state index is 11.5. The maximum Gasteiger partial charge on any atom is 0.152 e. The van der Waals surface area contributed by atoms with E-state index in [9.17, 15) is 18.8 Å². The molecule has 0 aliphatic carbocycles. The number of rotatable bonds is 3. The van der Waals surface area contributed by atoms with Gasteiger partial charge in [0, 0.05) is 7.11 Å². The van der Waals surface area contributed by atoms with E-state index in [4.69, 9.17) is 4.74 Å². The predicted octanol–water partition coefficient (Wildman–Crippen LogP) is 0.101. The highest BCUT2D eigenvalue weighted by Gasteiger charge is 2.57. The Morgan fingerprint density at radius 2 is 2.19 bits per heavy atom. The summed E-state index contributed by atoms with van der Waals surface area (Å²) in [5, 5.41) is 19.6. The van der Waals surface area contributed by atoms with E-state index >= 15 is 0 Å². The molecule has 92 valence electrons. The molecule has 0 radical (unpaired) electrons. The first-order chi connectivity index (χ1) is 7.21. The number of nitriles is 1. The SMILES string of the molecule is COC(C)C(C)(O)C1(C#N)CCS(=O)(=O)C1. The minimum absolute atomic E-state index is 0.0485. The van der Waals surface area contributed by atoms with Crippen molar-refractivity contribution in [3.8, 4) is 6.07 Å². The van der Waals surface area contributed by atoms with Crippen molar-refractivity contribution in [1.29, 1.82) is 5.26 Å². The average molecular weight is 247 g/mol. The Morgan fingerprint density at radius 1 is 1.62 bits per heavy atom. The molecule has 0 amide bonds. The lowest BCUT2D eigenvalue weighted by Crippen LogP contribution is -2.54. The largest absolute Gasteiger partial charge is 0.386 e. The van der Waals surface area contributed by atoms with E-state index in [2.05, 4.69) is 0 Å². The molecule has 0 aromatic rings. The molecule has 0 bridgehead atoms. The van der Waals surface area contributed by atoms with E-state index < -0.39 is 27.0 Å². The molecule has 16 heavy (non-hydrogen) atoms. The minimum atomic E-state index is -3.23. The van der Waals surface area contributed by atoms with Gasteiger partial charge in [0.1, 0.15) is 11.0 Å². The van der Waals surface area contributed by atoms with Crippen LogP contribution >= 0.6 is 0 Å². The standard InChI is InChI=1S/C10H17NO4S/c1-8(15-3)9(2,12)10(6-11)4-5-16(13,14)7-10/h8,12H,4-5,7H2,1-3H3. The van der Waals surface area contributed by atoms with Gasteiger partial charge in [0.25, 0.3) is 0 Å². The highest BCUT2D eigenvalue weighted by Crippen LogP contribution is 2.43. The van der Waals surface area contributed by atoms with Crippen LogP contribution in [0.4, 0.5) is 0 Å². The van der Waals surface area contributed by atoms with Gasteiger partial charge in [-0.2, -0.15) is 5.26 Å². The highest BCUT2D eigenvalue weighted by atomic mass is 32.2. The molecule has 1 rings (SSSR count). The Bertz CT molecular complexity index is 409. The fourth-order valence-electron chi connectivity index (χ4n) is 2.07. The Labute approximate surface area is 95.9 Å². The molecular formula is C10H17NO4S. The number of ether oxygens (including phenoxy) is 1. The van der Waals surface area contributed by atoms with Crippen LogP contribution in [-0.4, -0.2) is 43.8 Å². The van der Waals surface area contributed by atoms with Crippen molar-refractivity contribution in [3.63, 3.8) is 0 Å². The maximum absolute atomic E-state index is 11.5. The minimum Gasteiger partial charge on any atom is -0.386 e. The summed E-state index contributed by atoms with van der Waals surface area (Å²) in [6.45, 7) is 3.09. The normalized spacial score (nSPS) is 33.9. The Kier molecular flexibility index (Phi) is 3.34. The van der Waals surface area contributed by atoms with Gasteiger partial charge in [-0.05, 0) is 20.3 Å². The van der Waals surface area contributed by atoms with Crippen LogP contribution in [0, 0.1) is 16.7 Å². The summed E-state index contributed by atoms with van der Waals surface area (Å²) in [7, 11) is -1.80. The lowest BCUT2D eigenvalue weighted by Gasteiger charge is -2.40. The van der Waals surface area contributed by atoms with Crippen LogP contribution in [0.25, 0.3) is 0 Å². The summed E-state index contributed by atoms with van der Waals surface area (Å²) in [6.07, 6.45) is -0.438. The van der Waals surface area contributed by atoms with Crippen molar-refractivity contribution < 1.29 is 18.3 Å². The molecule has 3 unspecified atom stereocenters. The molecule has 0 aromatic heterocycles. The van der Waals surface area contributed by atoms with Gasteiger partial charge in [0.2, 0.25) is 0 Å². The van der Waals surface area contributed by atoms with Crippen LogP contribution in [0.2, 0.25) is 0 Å². The van der Waals surface area contributed by atoms with Crippen LogP contribution in [0.1, 0.15) is 20.3 Å². The monoisotopic (exact) mass is 247 g/mol. The number of sulfone groups is 1. The summed E-state index contributed by atoms with van der Waals surface area (Å²) in [6, 6.07) is 1.98. The Hall–Kier alpha value is -0.640. The lowest BCUT2D eigenvalue weighted by atomic mass is 9.71. The first kappa shape index (κ1) is 13.4. The van der Waals surface area contributed by atoms with E-state index in [-0.39, 0.29) is 17.9 Å². The lowest BCUT2D eigenvalue weighted by molar-refractivity contribution is -0.125. The summed E-state index contributed by atoms with van der Waals surface area (Å²) in [4.78, 5) is 0. The van der Waals surface area contributed by atoms with Crippen LogP contribution in [0.15, 0.2) is 0 Å². The summed E-state index contributed by atoms with van der Waals surface area (Å²) < 4.78 is 27.9. The number of hydrogen-bond acceptors (Lipinski definition) is 5. The van der Waals surface area contributed by atoms with Gasteiger partial charge in [-0.1, -0.05) is 0 Å². The van der Waals surface area contributed by atoms with Crippen LogP contribution in [-0.2, 0) is 14.6 Å². The van der Waals surface area contributed by atoms with E-state index in [1.54, 1.807) is 6.92 Å². The zero-order valence-corrected chi connectivity index (χ0v) is 10.5. The molecule has 1 saturated heterocycles. The number of hydrogen-bond donors (Lipinski definition) is 1. The molecule has 3 atom stereocenters. The molecule has 1 aliphatic heterocycles. The van der Waals surface area contributed by atoms with Gasteiger partial charge < -0.3 is 9.84 Å². The number of methoxy groups -OCH3 is 1. The van der Waals surface area contributed by atoms with Gasteiger partial charge in [0.05, 0.1) is 23.7 Å². The van der Waals surface area contributed by atoms with E-state index in [1.165, 1.54) is 14.0 Å². The fraction of sp³-hybridized carbons (Fsp3) is 0.900. The third-order valence-electron chi connectivity index (χ3n) is 3.63. The topological polar surface area (TPSA) is 87.4 Å². The smallest absolute Gasteiger partial charge is 0.152 e. The average Bonchev–Trinajstić information content (AvgIpc) is 2.54. The van der Waals surface area contributed by atoms with Crippen molar-refractivity contribution in [2.45, 2.75) is 32.0 Å². The van der Waals surface area contributed by atoms with Gasteiger partial charge in [-0.15, -0.1) is 0 Å². The van der Waals surface area contributed by atoms with Crippen molar-refractivity contribution in [2.75, 3.05) is 18.6 Å². The van der Waals surface area contributed by atoms with E-state index in [0.29, 0.717) is 0 Å². The van der Waals surface area contributed by atoms with Gasteiger partial charge in [-0.25, -0.2) is 8.42 Å². The highest BCUT2D eigenvalue weighted by molar-refractivity contribution is 7.91. The summed E-state index contributed by atoms with van der Waals surface area (Å²) in [5.74, 6) is -0.343. The third kappa shape index (κ3) is 1.95. The molecule has 1 fully saturated rings. The fourth-order valence-corrected chi connectivity index (χ4v) is 4.12.